The summed E-state index contributed by atoms with van der Waals surface area (Å²) in [7, 11) is 0. The van der Waals surface area contributed by atoms with E-state index < -0.39 is 0 Å². The Morgan fingerprint density at radius 1 is 1.44 bits per heavy atom. The molecule has 0 aromatic carbocycles. The highest BCUT2D eigenvalue weighted by molar-refractivity contribution is 7.11. The van der Waals surface area contributed by atoms with Gasteiger partial charge in [0.05, 0.1) is 5.01 Å². The summed E-state index contributed by atoms with van der Waals surface area (Å²) >= 11 is 1.84. The lowest BCUT2D eigenvalue weighted by Crippen LogP contribution is -2.20. The molecule has 1 saturated carbocycles. The summed E-state index contributed by atoms with van der Waals surface area (Å²) in [4.78, 5) is 5.85. The fraction of sp³-hybridized carbons (Fsp3) is 0.769. The van der Waals surface area contributed by atoms with Gasteiger partial charge in [0.1, 0.15) is 0 Å². The first-order valence-corrected chi connectivity index (χ1v) is 6.87. The highest BCUT2D eigenvalue weighted by atomic mass is 32.1. The van der Waals surface area contributed by atoms with Crippen molar-refractivity contribution in [2.75, 3.05) is 6.54 Å². The molecule has 1 aliphatic carbocycles. The quantitative estimate of drug-likeness (QED) is 0.870. The van der Waals surface area contributed by atoms with E-state index in [4.69, 9.17) is 0 Å². The van der Waals surface area contributed by atoms with Crippen molar-refractivity contribution in [2.45, 2.75) is 52.5 Å². The summed E-state index contributed by atoms with van der Waals surface area (Å²) in [5, 5.41) is 4.78. The Balaban J connectivity index is 1.83. The van der Waals surface area contributed by atoms with Crippen LogP contribution in [0.15, 0.2) is 6.20 Å². The smallest absolute Gasteiger partial charge is 0.0981 e. The molecule has 0 bridgehead atoms. The van der Waals surface area contributed by atoms with Gasteiger partial charge in [-0.2, -0.15) is 0 Å². The van der Waals surface area contributed by atoms with Gasteiger partial charge in [0, 0.05) is 29.6 Å². The fourth-order valence-electron chi connectivity index (χ4n) is 1.61. The molecular weight excluding hydrogens is 216 g/mol. The Morgan fingerprint density at radius 3 is 2.62 bits per heavy atom. The minimum absolute atomic E-state index is 0.186. The topological polar surface area (TPSA) is 24.9 Å². The largest absolute Gasteiger partial charge is 0.311 e. The molecular formula is C13H22N2S. The minimum Gasteiger partial charge on any atom is -0.311 e. The molecule has 0 aliphatic heterocycles. The van der Waals surface area contributed by atoms with Crippen LogP contribution in [0.3, 0.4) is 0 Å². The number of thiazole rings is 1. The van der Waals surface area contributed by atoms with Crippen LogP contribution in [-0.4, -0.2) is 11.5 Å². The molecule has 0 atom stereocenters. The highest BCUT2D eigenvalue weighted by Gasteiger charge is 2.36. The normalized spacial score (nSPS) is 18.8. The Morgan fingerprint density at radius 2 is 2.12 bits per heavy atom. The van der Waals surface area contributed by atoms with E-state index in [-0.39, 0.29) is 5.41 Å². The third-order valence-electron chi connectivity index (χ3n) is 3.15. The predicted molar refractivity (Wildman–Crippen MR) is 69.9 cm³/mol. The lowest BCUT2D eigenvalue weighted by molar-refractivity contribution is 0.501. The summed E-state index contributed by atoms with van der Waals surface area (Å²) in [6.45, 7) is 11.1. The molecule has 0 amide bonds. The van der Waals surface area contributed by atoms with E-state index in [1.807, 2.05) is 17.5 Å². The zero-order valence-corrected chi connectivity index (χ0v) is 11.6. The molecule has 0 saturated heterocycles. The van der Waals surface area contributed by atoms with Gasteiger partial charge in [0.2, 0.25) is 0 Å². The number of nitrogens with one attached hydrogen (secondary N) is 1. The second-order valence-electron chi connectivity index (χ2n) is 6.30. The molecule has 3 heteroatoms. The van der Waals surface area contributed by atoms with Crippen molar-refractivity contribution in [3.63, 3.8) is 0 Å². The van der Waals surface area contributed by atoms with E-state index in [1.54, 1.807) is 0 Å². The Bertz CT molecular complexity index is 358. The van der Waals surface area contributed by atoms with Crippen molar-refractivity contribution in [2.24, 2.45) is 5.41 Å². The average molecular weight is 238 g/mol. The van der Waals surface area contributed by atoms with Crippen LogP contribution < -0.4 is 5.32 Å². The zero-order chi connectivity index (χ0) is 11.8. The molecule has 2 nitrogen and oxygen atoms in total. The Labute approximate surface area is 102 Å². The van der Waals surface area contributed by atoms with E-state index in [0.29, 0.717) is 5.41 Å². The lowest BCUT2D eigenvalue weighted by atomic mass is 9.98. The van der Waals surface area contributed by atoms with Crippen LogP contribution in [0.2, 0.25) is 0 Å². The Kier molecular flexibility index (Phi) is 3.10. The lowest BCUT2D eigenvalue weighted by Gasteiger charge is -2.13. The van der Waals surface area contributed by atoms with E-state index in [2.05, 4.69) is 38.0 Å². The van der Waals surface area contributed by atoms with E-state index in [0.717, 1.165) is 13.1 Å². The molecule has 16 heavy (non-hydrogen) atoms. The predicted octanol–water partition coefficient (Wildman–Crippen LogP) is 3.33. The summed E-state index contributed by atoms with van der Waals surface area (Å²) in [6.07, 6.45) is 4.79. The highest BCUT2D eigenvalue weighted by Crippen LogP contribution is 2.44. The third kappa shape index (κ3) is 3.05. The van der Waals surface area contributed by atoms with Gasteiger partial charge in [-0.25, -0.2) is 4.98 Å². The van der Waals surface area contributed by atoms with E-state index >= 15 is 0 Å². The maximum absolute atomic E-state index is 4.50. The molecule has 0 spiro atoms. The van der Waals surface area contributed by atoms with Crippen molar-refractivity contribution in [3.05, 3.63) is 16.1 Å². The molecule has 1 fully saturated rings. The molecule has 1 heterocycles. The molecule has 2 rings (SSSR count). The summed E-state index contributed by atoms with van der Waals surface area (Å²) < 4.78 is 0. The SMILES string of the molecule is CC1(CNCc2cnc(C(C)(C)C)s2)CC1. The van der Waals surface area contributed by atoms with E-state index in [9.17, 15) is 0 Å². The maximum atomic E-state index is 4.50. The van der Waals surface area contributed by atoms with Crippen LogP contribution in [0, 0.1) is 5.41 Å². The van der Waals surface area contributed by atoms with Crippen molar-refractivity contribution in [1.82, 2.24) is 10.3 Å². The van der Waals surface area contributed by atoms with Gasteiger partial charge < -0.3 is 5.32 Å². The van der Waals surface area contributed by atoms with Gasteiger partial charge in [0.25, 0.3) is 0 Å². The molecule has 1 aromatic rings. The van der Waals surface area contributed by atoms with Crippen molar-refractivity contribution in [1.29, 1.82) is 0 Å². The second-order valence-corrected chi connectivity index (χ2v) is 7.41. The standard InChI is InChI=1S/C13H22N2S/c1-12(2,3)11-15-8-10(16-11)7-14-9-13(4)5-6-13/h8,14H,5-7,9H2,1-4H3. The van der Waals surface area contributed by atoms with Crippen molar-refractivity contribution < 1.29 is 0 Å². The number of rotatable bonds is 4. The molecule has 1 aliphatic rings. The molecule has 90 valence electrons. The van der Waals surface area contributed by atoms with Crippen LogP contribution in [0.1, 0.15) is 50.4 Å². The average Bonchev–Trinajstić information content (AvgIpc) is 2.73. The molecule has 0 radical (unpaired) electrons. The third-order valence-corrected chi connectivity index (χ3v) is 4.57. The number of nitrogens with zero attached hydrogens (tertiary/aromatic N) is 1. The first kappa shape index (κ1) is 12.1. The van der Waals surface area contributed by atoms with Gasteiger partial charge in [-0.3, -0.25) is 0 Å². The first-order valence-electron chi connectivity index (χ1n) is 6.05. The van der Waals surface area contributed by atoms with Crippen LogP contribution in [0.4, 0.5) is 0 Å². The number of aromatic nitrogens is 1. The van der Waals surface area contributed by atoms with Crippen molar-refractivity contribution >= 4 is 11.3 Å². The van der Waals surface area contributed by atoms with Crippen molar-refractivity contribution in [3.8, 4) is 0 Å². The van der Waals surface area contributed by atoms with Gasteiger partial charge in [0.15, 0.2) is 0 Å². The Hall–Kier alpha value is -0.410. The van der Waals surface area contributed by atoms with Crippen LogP contribution in [0.5, 0.6) is 0 Å². The molecule has 1 aromatic heterocycles. The molecule has 1 N–H and O–H groups in total. The number of hydrogen-bond acceptors (Lipinski definition) is 3. The summed E-state index contributed by atoms with van der Waals surface area (Å²) in [5.74, 6) is 0. The summed E-state index contributed by atoms with van der Waals surface area (Å²) in [6, 6.07) is 0. The minimum atomic E-state index is 0.186. The van der Waals surface area contributed by atoms with E-state index in [1.165, 1.54) is 22.7 Å². The second kappa shape index (κ2) is 4.11. The fourth-order valence-corrected chi connectivity index (χ4v) is 2.55. The monoisotopic (exact) mass is 238 g/mol. The maximum Gasteiger partial charge on any atom is 0.0981 e. The van der Waals surface area contributed by atoms with Crippen LogP contribution >= 0.6 is 11.3 Å². The van der Waals surface area contributed by atoms with Gasteiger partial charge >= 0.3 is 0 Å². The van der Waals surface area contributed by atoms with Gasteiger partial charge in [-0.15, -0.1) is 11.3 Å². The zero-order valence-electron chi connectivity index (χ0n) is 10.8. The summed E-state index contributed by atoms with van der Waals surface area (Å²) in [5.41, 5.74) is 0.781. The van der Waals surface area contributed by atoms with Gasteiger partial charge in [-0.1, -0.05) is 27.7 Å². The van der Waals surface area contributed by atoms with Crippen LogP contribution in [0.25, 0.3) is 0 Å². The number of hydrogen-bond donors (Lipinski definition) is 1. The van der Waals surface area contributed by atoms with Gasteiger partial charge in [-0.05, 0) is 18.3 Å². The molecule has 0 unspecified atom stereocenters. The first-order chi connectivity index (χ1) is 7.39. The van der Waals surface area contributed by atoms with Crippen LogP contribution in [-0.2, 0) is 12.0 Å².